The summed E-state index contributed by atoms with van der Waals surface area (Å²) in [7, 11) is 3.28. The van der Waals surface area contributed by atoms with Crippen LogP contribution in [0.4, 0.5) is 17.1 Å². The van der Waals surface area contributed by atoms with Crippen LogP contribution in [0.3, 0.4) is 0 Å². The monoisotopic (exact) mass is 501 g/mol. The second-order valence-corrected chi connectivity index (χ2v) is 8.54. The van der Waals surface area contributed by atoms with E-state index in [1.807, 2.05) is 78.9 Å². The molecule has 9 heteroatoms. The fourth-order valence-corrected chi connectivity index (χ4v) is 3.93. The van der Waals surface area contributed by atoms with Crippen molar-refractivity contribution in [3.05, 3.63) is 84.4 Å². The summed E-state index contributed by atoms with van der Waals surface area (Å²) in [6.45, 7) is 0.950. The third-order valence-electron chi connectivity index (χ3n) is 5.84. The lowest BCUT2D eigenvalue weighted by atomic mass is 10.1. The highest BCUT2D eigenvalue weighted by molar-refractivity contribution is 5.96. The van der Waals surface area contributed by atoms with Crippen molar-refractivity contribution < 1.29 is 19.2 Å². The van der Waals surface area contributed by atoms with Gasteiger partial charge in [0.25, 0.3) is 0 Å². The van der Waals surface area contributed by atoms with Crippen LogP contribution in [0.25, 0.3) is 0 Å². The Balaban J connectivity index is 1.32. The highest BCUT2D eigenvalue weighted by Crippen LogP contribution is 2.29. The second kappa shape index (κ2) is 12.5. The summed E-state index contributed by atoms with van der Waals surface area (Å²) in [5.41, 5.74) is 6.05. The second-order valence-electron chi connectivity index (χ2n) is 8.54. The van der Waals surface area contributed by atoms with E-state index in [4.69, 9.17) is 9.57 Å². The average Bonchev–Trinajstić information content (AvgIpc) is 2.92. The van der Waals surface area contributed by atoms with Crippen molar-refractivity contribution in [3.8, 4) is 5.75 Å². The van der Waals surface area contributed by atoms with Crippen molar-refractivity contribution in [2.24, 2.45) is 4.99 Å². The number of rotatable bonds is 10. The Labute approximate surface area is 216 Å². The largest absolute Gasteiger partial charge is 0.494 e. The number of ether oxygens (including phenoxy) is 1. The summed E-state index contributed by atoms with van der Waals surface area (Å²) >= 11 is 0. The fraction of sp³-hybridized carbons (Fsp3) is 0.250. The van der Waals surface area contributed by atoms with Crippen molar-refractivity contribution in [2.45, 2.75) is 19.4 Å². The van der Waals surface area contributed by atoms with Gasteiger partial charge in [0.05, 0.1) is 19.4 Å². The Bertz CT molecular complexity index is 1230. The minimum absolute atomic E-state index is 0.0390. The lowest BCUT2D eigenvalue weighted by Gasteiger charge is -2.29. The van der Waals surface area contributed by atoms with Crippen LogP contribution in [0.2, 0.25) is 0 Å². The summed E-state index contributed by atoms with van der Waals surface area (Å²) in [5, 5.41) is 2.89. The Hall–Kier alpha value is -4.37. The first-order chi connectivity index (χ1) is 18.0. The molecule has 1 aliphatic rings. The number of benzene rings is 3. The molecule has 3 aromatic rings. The molecule has 0 bridgehead atoms. The van der Waals surface area contributed by atoms with Crippen molar-refractivity contribution in [2.75, 3.05) is 37.5 Å². The highest BCUT2D eigenvalue weighted by atomic mass is 16.6. The minimum Gasteiger partial charge on any atom is -0.494 e. The normalized spacial score (nSPS) is 12.3. The standard InChI is InChI=1S/C28H31N5O4/c1-32(23-12-7-4-8-13-23)27(35)14-9-17-37-24-15-16-25-21(18-24)19-33(28(30-25)31-36-2)20-26(34)29-22-10-5-3-6-11-22/h3-8,10-13,15-16,18H,9,14,17,19-20H2,1-2H3,(H,29,34)(H,30,31). The maximum atomic E-state index is 12.6. The first-order valence-corrected chi connectivity index (χ1v) is 12.1. The molecule has 2 N–H and O–H groups in total. The number of guanidine groups is 1. The number of fused-ring (bicyclic) bond motifs is 1. The molecular weight excluding hydrogens is 470 g/mol. The van der Waals surface area contributed by atoms with Gasteiger partial charge in [-0.1, -0.05) is 36.4 Å². The van der Waals surface area contributed by atoms with Gasteiger partial charge in [-0.15, -0.1) is 0 Å². The number of para-hydroxylation sites is 2. The summed E-state index contributed by atoms with van der Waals surface area (Å²) < 4.78 is 5.92. The number of amides is 2. The van der Waals surface area contributed by atoms with Gasteiger partial charge in [0.1, 0.15) is 12.3 Å². The maximum Gasteiger partial charge on any atom is 0.244 e. The first-order valence-electron chi connectivity index (χ1n) is 12.1. The zero-order valence-electron chi connectivity index (χ0n) is 21.0. The number of carbonyl (C=O) groups excluding carboxylic acids is 2. The van der Waals surface area contributed by atoms with Crippen LogP contribution in [0.15, 0.2) is 83.9 Å². The van der Waals surface area contributed by atoms with E-state index in [2.05, 4.69) is 15.8 Å². The molecule has 3 aromatic carbocycles. The molecule has 9 nitrogen and oxygen atoms in total. The van der Waals surface area contributed by atoms with Gasteiger partial charge < -0.3 is 19.9 Å². The van der Waals surface area contributed by atoms with E-state index in [1.54, 1.807) is 16.8 Å². The molecule has 0 spiro atoms. The van der Waals surface area contributed by atoms with Gasteiger partial charge >= 0.3 is 0 Å². The molecule has 2 amide bonds. The van der Waals surface area contributed by atoms with Gasteiger partial charge in [0.15, 0.2) is 0 Å². The third kappa shape index (κ3) is 7.08. The molecule has 0 fully saturated rings. The predicted octanol–water partition coefficient (Wildman–Crippen LogP) is 4.10. The van der Waals surface area contributed by atoms with Crippen LogP contribution in [0.1, 0.15) is 18.4 Å². The lowest BCUT2D eigenvalue weighted by Crippen LogP contribution is -2.45. The van der Waals surface area contributed by atoms with Crippen molar-refractivity contribution in [1.82, 2.24) is 10.4 Å². The summed E-state index contributed by atoms with van der Waals surface area (Å²) in [4.78, 5) is 38.2. The van der Waals surface area contributed by atoms with E-state index in [9.17, 15) is 9.59 Å². The SMILES string of the molecule is CONC1=Nc2ccc(OCCCC(=O)N(C)c3ccccc3)cc2CN1CC(=O)Nc1ccccc1. The Kier molecular flexibility index (Phi) is 8.72. The number of nitrogens with zero attached hydrogens (tertiary/aromatic N) is 3. The molecule has 4 rings (SSSR count). The minimum atomic E-state index is -0.169. The number of carbonyl (C=O) groups is 2. The van der Waals surface area contributed by atoms with Crippen LogP contribution in [-0.2, 0) is 21.0 Å². The average molecular weight is 502 g/mol. The van der Waals surface area contributed by atoms with Gasteiger partial charge in [-0.3, -0.25) is 14.4 Å². The van der Waals surface area contributed by atoms with E-state index < -0.39 is 0 Å². The van der Waals surface area contributed by atoms with Gasteiger partial charge in [0, 0.05) is 37.0 Å². The van der Waals surface area contributed by atoms with E-state index in [0.29, 0.717) is 37.7 Å². The van der Waals surface area contributed by atoms with Gasteiger partial charge in [0.2, 0.25) is 17.8 Å². The Morgan fingerprint density at radius 2 is 1.76 bits per heavy atom. The fourth-order valence-electron chi connectivity index (χ4n) is 3.93. The van der Waals surface area contributed by atoms with Crippen molar-refractivity contribution in [3.63, 3.8) is 0 Å². The van der Waals surface area contributed by atoms with Crippen LogP contribution in [0, 0.1) is 0 Å². The lowest BCUT2D eigenvalue weighted by molar-refractivity contribution is -0.118. The van der Waals surface area contributed by atoms with Crippen LogP contribution in [-0.4, -0.2) is 50.0 Å². The van der Waals surface area contributed by atoms with E-state index >= 15 is 0 Å². The predicted molar refractivity (Wildman–Crippen MR) is 144 cm³/mol. The number of anilines is 2. The quantitative estimate of drug-likeness (QED) is 0.321. The van der Waals surface area contributed by atoms with Crippen LogP contribution < -0.4 is 20.4 Å². The number of hydrogen-bond donors (Lipinski definition) is 2. The number of hydrogen-bond acceptors (Lipinski definition) is 7. The van der Waals surface area contributed by atoms with Gasteiger partial charge in [-0.25, -0.2) is 10.5 Å². The van der Waals surface area contributed by atoms with Crippen molar-refractivity contribution in [1.29, 1.82) is 0 Å². The molecule has 192 valence electrons. The zero-order chi connectivity index (χ0) is 26.0. The van der Waals surface area contributed by atoms with Crippen LogP contribution >= 0.6 is 0 Å². The molecule has 0 unspecified atom stereocenters. The maximum absolute atomic E-state index is 12.6. The number of aliphatic imine (C=N–C) groups is 1. The van der Waals surface area contributed by atoms with Gasteiger partial charge in [-0.2, -0.15) is 0 Å². The molecule has 0 saturated heterocycles. The smallest absolute Gasteiger partial charge is 0.244 e. The molecule has 0 atom stereocenters. The van der Waals surface area contributed by atoms with Crippen LogP contribution in [0.5, 0.6) is 5.75 Å². The van der Waals surface area contributed by atoms with Gasteiger partial charge in [-0.05, 0) is 48.9 Å². The Morgan fingerprint density at radius 1 is 1.03 bits per heavy atom. The summed E-state index contributed by atoms with van der Waals surface area (Å²) in [6.07, 6.45) is 0.982. The topological polar surface area (TPSA) is 95.5 Å². The molecule has 1 heterocycles. The first kappa shape index (κ1) is 25.7. The number of hydroxylamine groups is 1. The van der Waals surface area contributed by atoms with E-state index in [0.717, 1.165) is 22.6 Å². The molecule has 0 radical (unpaired) electrons. The summed E-state index contributed by atoms with van der Waals surface area (Å²) in [5.74, 6) is 1.01. The molecule has 0 saturated carbocycles. The highest BCUT2D eigenvalue weighted by Gasteiger charge is 2.23. The Morgan fingerprint density at radius 3 is 2.49 bits per heavy atom. The van der Waals surface area contributed by atoms with E-state index in [-0.39, 0.29) is 18.4 Å². The molecule has 0 aromatic heterocycles. The van der Waals surface area contributed by atoms with E-state index in [1.165, 1.54) is 7.11 Å². The summed E-state index contributed by atoms with van der Waals surface area (Å²) in [6, 6.07) is 24.5. The number of nitrogens with one attached hydrogen (secondary N) is 2. The molecule has 0 aliphatic carbocycles. The molecule has 37 heavy (non-hydrogen) atoms. The molecule has 1 aliphatic heterocycles. The molecular formula is C28H31N5O4. The van der Waals surface area contributed by atoms with Crippen molar-refractivity contribution >= 4 is 34.8 Å². The third-order valence-corrected chi connectivity index (χ3v) is 5.84. The zero-order valence-corrected chi connectivity index (χ0v) is 21.0.